The van der Waals surface area contributed by atoms with Gasteiger partial charge in [-0.2, -0.15) is 0 Å². The number of esters is 1. The van der Waals surface area contributed by atoms with E-state index in [0.29, 0.717) is 6.42 Å². The summed E-state index contributed by atoms with van der Waals surface area (Å²) in [6.45, 7) is 10.7. The molecule has 0 aliphatic rings. The number of unbranched alkanes of at least 4 members (excludes halogenated alkanes) is 2. The van der Waals surface area contributed by atoms with Crippen LogP contribution in [0.15, 0.2) is 25.3 Å². The van der Waals surface area contributed by atoms with E-state index in [1.165, 1.54) is 13.0 Å². The van der Waals surface area contributed by atoms with Crippen molar-refractivity contribution >= 4 is 11.8 Å². The van der Waals surface area contributed by atoms with Gasteiger partial charge in [-0.05, 0) is 33.1 Å². The van der Waals surface area contributed by atoms with Crippen LogP contribution in [0.25, 0.3) is 0 Å². The lowest BCUT2D eigenvalue weighted by Crippen LogP contribution is -2.37. The normalized spacial score (nSPS) is 13.5. The first-order valence-electron chi connectivity index (χ1n) is 5.98. The summed E-state index contributed by atoms with van der Waals surface area (Å²) >= 11 is 0. The van der Waals surface area contributed by atoms with Gasteiger partial charge in [0.15, 0.2) is 5.78 Å². The molecule has 0 heterocycles. The second-order valence-corrected chi connectivity index (χ2v) is 3.99. The van der Waals surface area contributed by atoms with Crippen LogP contribution in [-0.4, -0.2) is 18.4 Å². The second kappa shape index (κ2) is 7.82. The minimum atomic E-state index is -1.17. The fraction of sp³-hybridized carbons (Fsp3) is 0.571. The molecule has 3 heteroatoms. The number of allylic oxidation sites excluding steroid dienone is 1. The first kappa shape index (κ1) is 15.6. The number of ketones is 1. The lowest BCUT2D eigenvalue weighted by Gasteiger charge is -2.25. The van der Waals surface area contributed by atoms with Crippen molar-refractivity contribution in [3.8, 4) is 0 Å². The predicted molar refractivity (Wildman–Crippen MR) is 68.6 cm³/mol. The highest BCUT2D eigenvalue weighted by molar-refractivity contribution is 6.04. The van der Waals surface area contributed by atoms with E-state index in [-0.39, 0.29) is 12.4 Å². The van der Waals surface area contributed by atoms with Crippen LogP contribution in [0.5, 0.6) is 0 Å². The molecule has 1 unspecified atom stereocenters. The molecular formula is C14H22O3. The third kappa shape index (κ3) is 4.17. The number of Topliss-reactive ketones (excluding diaryl/α,β-unsaturated/α-hetero) is 1. The Hall–Kier alpha value is -1.38. The number of carbonyl (C=O) groups excluding carboxylic acids is 2. The van der Waals surface area contributed by atoms with Crippen molar-refractivity contribution in [1.29, 1.82) is 0 Å². The molecule has 0 saturated carbocycles. The fourth-order valence-corrected chi connectivity index (χ4v) is 1.70. The Labute approximate surface area is 104 Å². The van der Waals surface area contributed by atoms with E-state index in [1.807, 2.05) is 6.08 Å². The SMILES string of the molecule is C=CCCCCC(C=C)(C(C)=O)C(=O)OCC. The Bertz CT molecular complexity index is 294. The van der Waals surface area contributed by atoms with Gasteiger partial charge in [0.1, 0.15) is 5.41 Å². The number of carbonyl (C=O) groups is 2. The molecule has 3 nitrogen and oxygen atoms in total. The molecule has 0 radical (unpaired) electrons. The molecule has 17 heavy (non-hydrogen) atoms. The molecule has 0 saturated heterocycles. The number of rotatable bonds is 9. The van der Waals surface area contributed by atoms with Gasteiger partial charge in [0.05, 0.1) is 6.61 Å². The van der Waals surface area contributed by atoms with E-state index in [4.69, 9.17) is 4.74 Å². The average molecular weight is 238 g/mol. The maximum Gasteiger partial charge on any atom is 0.323 e. The van der Waals surface area contributed by atoms with Gasteiger partial charge in [-0.15, -0.1) is 13.2 Å². The summed E-state index contributed by atoms with van der Waals surface area (Å²) < 4.78 is 4.97. The highest BCUT2D eigenvalue weighted by Crippen LogP contribution is 2.29. The zero-order valence-electron chi connectivity index (χ0n) is 10.8. The number of hydrogen-bond acceptors (Lipinski definition) is 3. The summed E-state index contributed by atoms with van der Waals surface area (Å²) in [6, 6.07) is 0. The summed E-state index contributed by atoms with van der Waals surface area (Å²) in [7, 11) is 0. The van der Waals surface area contributed by atoms with E-state index in [2.05, 4.69) is 13.2 Å². The molecule has 0 aromatic rings. The van der Waals surface area contributed by atoms with Gasteiger partial charge in [-0.3, -0.25) is 9.59 Å². The molecule has 0 rings (SSSR count). The molecular weight excluding hydrogens is 216 g/mol. The highest BCUT2D eigenvalue weighted by atomic mass is 16.5. The van der Waals surface area contributed by atoms with E-state index >= 15 is 0 Å². The van der Waals surface area contributed by atoms with Crippen LogP contribution < -0.4 is 0 Å². The van der Waals surface area contributed by atoms with Gasteiger partial charge < -0.3 is 4.74 Å². The first-order valence-corrected chi connectivity index (χ1v) is 5.98. The molecule has 96 valence electrons. The van der Waals surface area contributed by atoms with Gasteiger partial charge in [0.25, 0.3) is 0 Å². The Kier molecular flexibility index (Phi) is 7.19. The predicted octanol–water partition coefficient (Wildman–Crippen LogP) is 3.06. The average Bonchev–Trinajstić information content (AvgIpc) is 2.29. The van der Waals surface area contributed by atoms with Crippen LogP contribution >= 0.6 is 0 Å². The molecule has 0 spiro atoms. The van der Waals surface area contributed by atoms with Crippen LogP contribution in [0.1, 0.15) is 39.5 Å². The monoisotopic (exact) mass is 238 g/mol. The first-order chi connectivity index (χ1) is 8.05. The summed E-state index contributed by atoms with van der Waals surface area (Å²) in [4.78, 5) is 23.6. The third-order valence-corrected chi connectivity index (χ3v) is 2.85. The molecule has 0 aliphatic carbocycles. The van der Waals surface area contributed by atoms with E-state index < -0.39 is 11.4 Å². The minimum Gasteiger partial charge on any atom is -0.465 e. The molecule has 1 atom stereocenters. The summed E-state index contributed by atoms with van der Waals surface area (Å²) in [5.74, 6) is -0.689. The van der Waals surface area contributed by atoms with Gasteiger partial charge >= 0.3 is 5.97 Å². The molecule has 0 fully saturated rings. The zero-order chi connectivity index (χ0) is 13.3. The van der Waals surface area contributed by atoms with Crippen LogP contribution in [0.3, 0.4) is 0 Å². The molecule has 0 amide bonds. The second-order valence-electron chi connectivity index (χ2n) is 3.99. The molecule has 0 N–H and O–H groups in total. The van der Waals surface area contributed by atoms with E-state index in [0.717, 1.165) is 19.3 Å². The topological polar surface area (TPSA) is 43.4 Å². The Balaban J connectivity index is 4.71. The van der Waals surface area contributed by atoms with Crippen LogP contribution in [0, 0.1) is 5.41 Å². The summed E-state index contributed by atoms with van der Waals surface area (Å²) in [5, 5.41) is 0. The summed E-state index contributed by atoms with van der Waals surface area (Å²) in [5.41, 5.74) is -1.17. The van der Waals surface area contributed by atoms with Gasteiger partial charge in [0.2, 0.25) is 0 Å². The quantitative estimate of drug-likeness (QED) is 0.268. The minimum absolute atomic E-state index is 0.204. The molecule has 0 aliphatic heterocycles. The van der Waals surface area contributed by atoms with Crippen molar-refractivity contribution < 1.29 is 14.3 Å². The Morgan fingerprint density at radius 2 is 1.94 bits per heavy atom. The maximum atomic E-state index is 11.9. The van der Waals surface area contributed by atoms with Crippen LogP contribution in [0.2, 0.25) is 0 Å². The Morgan fingerprint density at radius 3 is 2.35 bits per heavy atom. The van der Waals surface area contributed by atoms with E-state index in [1.54, 1.807) is 6.92 Å². The third-order valence-electron chi connectivity index (χ3n) is 2.85. The van der Waals surface area contributed by atoms with Crippen molar-refractivity contribution in [1.82, 2.24) is 0 Å². The Morgan fingerprint density at radius 1 is 1.29 bits per heavy atom. The molecule has 0 aromatic heterocycles. The molecule has 0 bridgehead atoms. The zero-order valence-corrected chi connectivity index (χ0v) is 10.8. The molecule has 0 aromatic carbocycles. The standard InChI is InChI=1S/C14H22O3/c1-5-8-9-10-11-14(6-2,12(4)15)13(16)17-7-3/h5-6H,1-2,7-11H2,3-4H3. The lowest BCUT2D eigenvalue weighted by atomic mass is 9.79. The van der Waals surface area contributed by atoms with Crippen molar-refractivity contribution in [3.63, 3.8) is 0 Å². The van der Waals surface area contributed by atoms with Gasteiger partial charge in [0, 0.05) is 0 Å². The fourth-order valence-electron chi connectivity index (χ4n) is 1.70. The summed E-state index contributed by atoms with van der Waals surface area (Å²) in [6.07, 6.45) is 6.27. The number of ether oxygens (including phenoxy) is 1. The smallest absolute Gasteiger partial charge is 0.323 e. The van der Waals surface area contributed by atoms with Crippen molar-refractivity contribution in [3.05, 3.63) is 25.3 Å². The van der Waals surface area contributed by atoms with Crippen LogP contribution in [-0.2, 0) is 14.3 Å². The van der Waals surface area contributed by atoms with Gasteiger partial charge in [-0.1, -0.05) is 18.6 Å². The highest BCUT2D eigenvalue weighted by Gasteiger charge is 2.41. The number of hydrogen-bond donors (Lipinski definition) is 0. The van der Waals surface area contributed by atoms with E-state index in [9.17, 15) is 9.59 Å². The van der Waals surface area contributed by atoms with Crippen molar-refractivity contribution in [2.45, 2.75) is 39.5 Å². The lowest BCUT2D eigenvalue weighted by molar-refractivity contribution is -0.156. The van der Waals surface area contributed by atoms with Gasteiger partial charge in [-0.25, -0.2) is 0 Å². The van der Waals surface area contributed by atoms with Crippen molar-refractivity contribution in [2.75, 3.05) is 6.61 Å². The van der Waals surface area contributed by atoms with Crippen molar-refractivity contribution in [2.24, 2.45) is 5.41 Å². The largest absolute Gasteiger partial charge is 0.465 e. The maximum absolute atomic E-state index is 11.9. The van der Waals surface area contributed by atoms with Crippen LogP contribution in [0.4, 0.5) is 0 Å².